The number of hydrogen-bond acceptors (Lipinski definition) is 2. The molecule has 1 aromatic carbocycles. The van der Waals surface area contributed by atoms with Crippen molar-refractivity contribution in [3.63, 3.8) is 0 Å². The predicted molar refractivity (Wildman–Crippen MR) is 71.7 cm³/mol. The Bertz CT molecular complexity index is 485. The van der Waals surface area contributed by atoms with E-state index in [4.69, 9.17) is 0 Å². The Balaban J connectivity index is 2.92. The van der Waals surface area contributed by atoms with Gasteiger partial charge in [-0.3, -0.25) is 4.98 Å². The van der Waals surface area contributed by atoms with Crippen LogP contribution in [0, 0.1) is 3.57 Å². The first-order valence-electron chi connectivity index (χ1n) is 4.14. The van der Waals surface area contributed by atoms with E-state index in [1.54, 1.807) is 0 Å². The summed E-state index contributed by atoms with van der Waals surface area (Å²) in [6.07, 6.45) is 1.82. The lowest BCUT2D eigenvalue weighted by molar-refractivity contribution is 1.38. The number of nitrogens with zero attached hydrogens (tertiary/aromatic N) is 1. The van der Waals surface area contributed by atoms with Crippen LogP contribution in [-0.2, 0) is 0 Å². The summed E-state index contributed by atoms with van der Waals surface area (Å²) in [6.45, 7) is 0. The molecule has 0 saturated carbocycles. The second-order valence-electron chi connectivity index (χ2n) is 2.86. The van der Waals surface area contributed by atoms with Crippen LogP contribution in [0.2, 0.25) is 0 Å². The zero-order valence-corrected chi connectivity index (χ0v) is 11.3. The maximum Gasteiger partial charge on any atom is 0.0867 e. The SMILES string of the molecule is CNc1ccnc2c(I)ccc(Br)c12. The van der Waals surface area contributed by atoms with Crippen molar-refractivity contribution < 1.29 is 0 Å². The van der Waals surface area contributed by atoms with Gasteiger partial charge in [0, 0.05) is 32.4 Å². The average Bonchev–Trinajstić information content (AvgIpc) is 2.23. The van der Waals surface area contributed by atoms with Crippen LogP contribution in [0.4, 0.5) is 5.69 Å². The first-order valence-corrected chi connectivity index (χ1v) is 6.01. The molecular weight excluding hydrogens is 355 g/mol. The molecule has 0 aliphatic heterocycles. The van der Waals surface area contributed by atoms with Gasteiger partial charge in [0.1, 0.15) is 0 Å². The number of anilines is 1. The quantitative estimate of drug-likeness (QED) is 0.783. The van der Waals surface area contributed by atoms with Crippen LogP contribution in [0.25, 0.3) is 10.9 Å². The van der Waals surface area contributed by atoms with Crippen molar-refractivity contribution in [2.75, 3.05) is 12.4 Å². The number of aromatic nitrogens is 1. The third-order valence-electron chi connectivity index (χ3n) is 2.06. The molecule has 0 unspecified atom stereocenters. The van der Waals surface area contributed by atoms with E-state index >= 15 is 0 Å². The molecule has 2 nitrogen and oxygen atoms in total. The van der Waals surface area contributed by atoms with Crippen LogP contribution >= 0.6 is 38.5 Å². The van der Waals surface area contributed by atoms with Crippen LogP contribution in [0.5, 0.6) is 0 Å². The number of hydrogen-bond donors (Lipinski definition) is 1. The molecule has 0 aliphatic carbocycles. The number of halogens is 2. The Morgan fingerprint density at radius 1 is 1.36 bits per heavy atom. The molecule has 0 aliphatic rings. The number of benzene rings is 1. The fourth-order valence-corrected chi connectivity index (χ4v) is 2.52. The molecule has 0 bridgehead atoms. The maximum atomic E-state index is 4.37. The van der Waals surface area contributed by atoms with Gasteiger partial charge in [0.15, 0.2) is 0 Å². The van der Waals surface area contributed by atoms with Crippen LogP contribution < -0.4 is 5.32 Å². The molecule has 1 heterocycles. The molecule has 0 atom stereocenters. The predicted octanol–water partition coefficient (Wildman–Crippen LogP) is 3.64. The Labute approximate surface area is 104 Å². The highest BCUT2D eigenvalue weighted by atomic mass is 127. The molecule has 1 aromatic heterocycles. The minimum Gasteiger partial charge on any atom is -0.387 e. The van der Waals surface area contributed by atoms with E-state index in [9.17, 15) is 0 Å². The monoisotopic (exact) mass is 362 g/mol. The fraction of sp³-hybridized carbons (Fsp3) is 0.100. The normalized spacial score (nSPS) is 10.5. The van der Waals surface area contributed by atoms with E-state index in [1.165, 1.54) is 0 Å². The third kappa shape index (κ3) is 1.61. The lowest BCUT2D eigenvalue weighted by Gasteiger charge is -2.07. The maximum absolute atomic E-state index is 4.37. The van der Waals surface area contributed by atoms with Crippen molar-refractivity contribution in [3.05, 3.63) is 32.4 Å². The largest absolute Gasteiger partial charge is 0.387 e. The molecule has 1 N–H and O–H groups in total. The van der Waals surface area contributed by atoms with Gasteiger partial charge in [0.05, 0.1) is 5.52 Å². The van der Waals surface area contributed by atoms with Crippen molar-refractivity contribution in [1.82, 2.24) is 4.98 Å². The summed E-state index contributed by atoms with van der Waals surface area (Å²) in [5.74, 6) is 0. The van der Waals surface area contributed by atoms with Gasteiger partial charge < -0.3 is 5.32 Å². The standard InChI is InChI=1S/C10H8BrIN2/c1-13-8-4-5-14-10-7(12)3-2-6(11)9(8)10/h2-5H,1H3,(H,13,14). The molecule has 0 saturated heterocycles. The lowest BCUT2D eigenvalue weighted by Crippen LogP contribution is -1.92. The summed E-state index contributed by atoms with van der Waals surface area (Å²) in [5.41, 5.74) is 2.13. The summed E-state index contributed by atoms with van der Waals surface area (Å²) >= 11 is 5.84. The van der Waals surface area contributed by atoms with Crippen molar-refractivity contribution in [3.8, 4) is 0 Å². The average molecular weight is 363 g/mol. The third-order valence-corrected chi connectivity index (χ3v) is 3.59. The molecule has 2 aromatic rings. The summed E-state index contributed by atoms with van der Waals surface area (Å²) in [5, 5.41) is 4.31. The summed E-state index contributed by atoms with van der Waals surface area (Å²) in [6, 6.07) is 6.08. The van der Waals surface area contributed by atoms with Crippen molar-refractivity contribution in [2.45, 2.75) is 0 Å². The van der Waals surface area contributed by atoms with Gasteiger partial charge in [-0.1, -0.05) is 15.9 Å². The van der Waals surface area contributed by atoms with E-state index in [-0.39, 0.29) is 0 Å². The Hall–Kier alpha value is -0.360. The number of nitrogens with one attached hydrogen (secondary N) is 1. The molecule has 14 heavy (non-hydrogen) atoms. The van der Waals surface area contributed by atoms with Crippen molar-refractivity contribution >= 4 is 55.1 Å². The zero-order valence-electron chi connectivity index (χ0n) is 7.51. The van der Waals surface area contributed by atoms with Gasteiger partial charge in [-0.2, -0.15) is 0 Å². The van der Waals surface area contributed by atoms with E-state index < -0.39 is 0 Å². The van der Waals surface area contributed by atoms with Gasteiger partial charge in [-0.25, -0.2) is 0 Å². The van der Waals surface area contributed by atoms with Crippen LogP contribution in [-0.4, -0.2) is 12.0 Å². The van der Waals surface area contributed by atoms with E-state index in [2.05, 4.69) is 54.9 Å². The molecule has 72 valence electrons. The van der Waals surface area contributed by atoms with Gasteiger partial charge in [-0.05, 0) is 40.8 Å². The van der Waals surface area contributed by atoms with E-state index in [0.717, 1.165) is 24.6 Å². The molecular formula is C10H8BrIN2. The topological polar surface area (TPSA) is 24.9 Å². The second-order valence-corrected chi connectivity index (χ2v) is 4.88. The highest BCUT2D eigenvalue weighted by Gasteiger charge is 2.07. The number of pyridine rings is 1. The Morgan fingerprint density at radius 3 is 2.86 bits per heavy atom. The Kier molecular flexibility index (Phi) is 2.92. The van der Waals surface area contributed by atoms with E-state index in [1.807, 2.05) is 25.4 Å². The van der Waals surface area contributed by atoms with Crippen LogP contribution in [0.15, 0.2) is 28.9 Å². The summed E-state index contributed by atoms with van der Waals surface area (Å²) < 4.78 is 2.24. The molecule has 0 spiro atoms. The van der Waals surface area contributed by atoms with Crippen LogP contribution in [0.1, 0.15) is 0 Å². The summed E-state index contributed by atoms with van der Waals surface area (Å²) in [7, 11) is 1.92. The van der Waals surface area contributed by atoms with Gasteiger partial charge in [0.2, 0.25) is 0 Å². The minimum absolute atomic E-state index is 1.03. The molecule has 0 radical (unpaired) electrons. The smallest absolute Gasteiger partial charge is 0.0867 e. The second kappa shape index (κ2) is 4.02. The highest BCUT2D eigenvalue weighted by molar-refractivity contribution is 14.1. The summed E-state index contributed by atoms with van der Waals surface area (Å²) in [4.78, 5) is 4.37. The minimum atomic E-state index is 1.03. The van der Waals surface area contributed by atoms with Crippen molar-refractivity contribution in [2.24, 2.45) is 0 Å². The van der Waals surface area contributed by atoms with Crippen molar-refractivity contribution in [1.29, 1.82) is 0 Å². The first kappa shape index (κ1) is 10.2. The molecule has 2 rings (SSSR count). The van der Waals surface area contributed by atoms with Gasteiger partial charge in [-0.15, -0.1) is 0 Å². The van der Waals surface area contributed by atoms with Gasteiger partial charge >= 0.3 is 0 Å². The molecule has 0 amide bonds. The first-order chi connectivity index (χ1) is 6.74. The molecule has 0 fully saturated rings. The van der Waals surface area contributed by atoms with Crippen LogP contribution in [0.3, 0.4) is 0 Å². The van der Waals surface area contributed by atoms with Gasteiger partial charge in [0.25, 0.3) is 0 Å². The fourth-order valence-electron chi connectivity index (χ4n) is 1.40. The zero-order chi connectivity index (χ0) is 10.1. The molecule has 4 heteroatoms. The number of rotatable bonds is 1. The lowest BCUT2D eigenvalue weighted by atomic mass is 10.2. The number of fused-ring (bicyclic) bond motifs is 1. The Morgan fingerprint density at radius 2 is 2.14 bits per heavy atom. The highest BCUT2D eigenvalue weighted by Crippen LogP contribution is 2.31. The van der Waals surface area contributed by atoms with E-state index in [0.29, 0.717) is 0 Å².